The number of carbonyl (C=O) groups is 1. The standard InChI is InChI=1S/C15H24N2OS/c1-3-5-8-16-15(18)11-17-9-6-14-12(7-10-19-14)13(17)4-2/h7,10,13H,3-6,8-9,11H2,1-2H3,(H,16,18). The Labute approximate surface area is 120 Å². The third-order valence-electron chi connectivity index (χ3n) is 3.79. The summed E-state index contributed by atoms with van der Waals surface area (Å²) in [6, 6.07) is 2.65. The van der Waals surface area contributed by atoms with E-state index >= 15 is 0 Å². The van der Waals surface area contributed by atoms with E-state index in [1.807, 2.05) is 11.3 Å². The highest BCUT2D eigenvalue weighted by molar-refractivity contribution is 7.10. The molecule has 1 atom stereocenters. The number of carbonyl (C=O) groups excluding carboxylic acids is 1. The quantitative estimate of drug-likeness (QED) is 0.813. The number of thiophene rings is 1. The molecule has 1 aromatic heterocycles. The van der Waals surface area contributed by atoms with Gasteiger partial charge in [0.1, 0.15) is 0 Å². The molecular formula is C15H24N2OS. The van der Waals surface area contributed by atoms with Crippen LogP contribution in [0.15, 0.2) is 11.4 Å². The van der Waals surface area contributed by atoms with Gasteiger partial charge in [-0.15, -0.1) is 11.3 Å². The molecule has 1 amide bonds. The zero-order valence-electron chi connectivity index (χ0n) is 11.9. The highest BCUT2D eigenvalue weighted by Gasteiger charge is 2.27. The number of amides is 1. The molecule has 4 heteroatoms. The van der Waals surface area contributed by atoms with Crippen LogP contribution >= 0.6 is 11.3 Å². The number of rotatable bonds is 6. The van der Waals surface area contributed by atoms with Gasteiger partial charge in [-0.3, -0.25) is 9.69 Å². The van der Waals surface area contributed by atoms with Crippen LogP contribution < -0.4 is 5.32 Å². The summed E-state index contributed by atoms with van der Waals surface area (Å²) in [5, 5.41) is 5.19. The highest BCUT2D eigenvalue weighted by atomic mass is 32.1. The molecule has 2 heterocycles. The average molecular weight is 280 g/mol. The van der Waals surface area contributed by atoms with Crippen molar-refractivity contribution in [1.29, 1.82) is 0 Å². The monoisotopic (exact) mass is 280 g/mol. The molecule has 1 aromatic rings. The summed E-state index contributed by atoms with van der Waals surface area (Å²) in [7, 11) is 0. The molecule has 2 rings (SSSR count). The lowest BCUT2D eigenvalue weighted by atomic mass is 9.98. The Morgan fingerprint density at radius 3 is 3.11 bits per heavy atom. The molecule has 1 unspecified atom stereocenters. The van der Waals surface area contributed by atoms with Gasteiger partial charge in [0.25, 0.3) is 0 Å². The van der Waals surface area contributed by atoms with Crippen molar-refractivity contribution in [2.45, 2.75) is 45.6 Å². The van der Waals surface area contributed by atoms with Crippen LogP contribution in [-0.4, -0.2) is 30.4 Å². The summed E-state index contributed by atoms with van der Waals surface area (Å²) in [6.45, 7) is 6.70. The number of unbranched alkanes of at least 4 members (excludes halogenated alkanes) is 1. The van der Waals surface area contributed by atoms with Gasteiger partial charge in [-0.2, -0.15) is 0 Å². The first-order valence-corrected chi connectivity index (χ1v) is 8.21. The third-order valence-corrected chi connectivity index (χ3v) is 4.79. The van der Waals surface area contributed by atoms with Crippen molar-refractivity contribution in [2.24, 2.45) is 0 Å². The van der Waals surface area contributed by atoms with E-state index in [1.165, 1.54) is 10.4 Å². The van der Waals surface area contributed by atoms with Crippen molar-refractivity contribution in [1.82, 2.24) is 10.2 Å². The smallest absolute Gasteiger partial charge is 0.234 e. The molecule has 1 N–H and O–H groups in total. The number of fused-ring (bicyclic) bond motifs is 1. The van der Waals surface area contributed by atoms with Crippen molar-refractivity contribution >= 4 is 17.2 Å². The van der Waals surface area contributed by atoms with Gasteiger partial charge in [-0.25, -0.2) is 0 Å². The fraction of sp³-hybridized carbons (Fsp3) is 0.667. The normalized spacial score (nSPS) is 19.2. The molecule has 1 aliphatic heterocycles. The van der Waals surface area contributed by atoms with E-state index in [0.29, 0.717) is 12.6 Å². The summed E-state index contributed by atoms with van der Waals surface area (Å²) in [6.07, 6.45) is 4.36. The van der Waals surface area contributed by atoms with Crippen LogP contribution in [0.4, 0.5) is 0 Å². The van der Waals surface area contributed by atoms with Crippen LogP contribution in [0.25, 0.3) is 0 Å². The Balaban J connectivity index is 1.92. The molecule has 0 aliphatic carbocycles. The van der Waals surface area contributed by atoms with Gasteiger partial charge in [0.05, 0.1) is 6.54 Å². The fourth-order valence-corrected chi connectivity index (χ4v) is 3.69. The van der Waals surface area contributed by atoms with Crippen LogP contribution in [0.1, 0.15) is 49.6 Å². The molecule has 3 nitrogen and oxygen atoms in total. The molecule has 0 fully saturated rings. The molecule has 0 saturated heterocycles. The first kappa shape index (κ1) is 14.5. The molecule has 0 radical (unpaired) electrons. The van der Waals surface area contributed by atoms with E-state index in [2.05, 4.69) is 35.5 Å². The van der Waals surface area contributed by atoms with Crippen molar-refractivity contribution in [3.05, 3.63) is 21.9 Å². The van der Waals surface area contributed by atoms with Crippen LogP contribution in [0.2, 0.25) is 0 Å². The Morgan fingerprint density at radius 1 is 1.53 bits per heavy atom. The molecule has 1 aliphatic rings. The minimum absolute atomic E-state index is 0.172. The minimum Gasteiger partial charge on any atom is -0.355 e. The van der Waals surface area contributed by atoms with Crippen molar-refractivity contribution < 1.29 is 4.79 Å². The molecule has 0 bridgehead atoms. The van der Waals surface area contributed by atoms with E-state index in [-0.39, 0.29) is 5.91 Å². The molecule has 0 aromatic carbocycles. The zero-order valence-corrected chi connectivity index (χ0v) is 12.8. The maximum Gasteiger partial charge on any atom is 0.234 e. The molecule has 0 saturated carbocycles. The van der Waals surface area contributed by atoms with Crippen molar-refractivity contribution in [3.63, 3.8) is 0 Å². The van der Waals surface area contributed by atoms with Crippen LogP contribution in [-0.2, 0) is 11.2 Å². The molecule has 106 valence electrons. The summed E-state index contributed by atoms with van der Waals surface area (Å²) < 4.78 is 0. The Bertz CT molecular complexity index is 416. The predicted octanol–water partition coefficient (Wildman–Crippen LogP) is 2.97. The average Bonchev–Trinajstić information content (AvgIpc) is 2.87. The topological polar surface area (TPSA) is 32.3 Å². The van der Waals surface area contributed by atoms with Crippen molar-refractivity contribution in [2.75, 3.05) is 19.6 Å². The highest BCUT2D eigenvalue weighted by Crippen LogP contribution is 2.34. The predicted molar refractivity (Wildman–Crippen MR) is 80.5 cm³/mol. The lowest BCUT2D eigenvalue weighted by molar-refractivity contribution is -0.123. The lowest BCUT2D eigenvalue weighted by Crippen LogP contribution is -2.42. The summed E-state index contributed by atoms with van der Waals surface area (Å²) >= 11 is 1.86. The van der Waals surface area contributed by atoms with Gasteiger partial charge < -0.3 is 5.32 Å². The number of hydrogen-bond acceptors (Lipinski definition) is 3. The van der Waals surface area contributed by atoms with Crippen LogP contribution in [0.3, 0.4) is 0 Å². The second-order valence-corrected chi connectivity index (χ2v) is 6.15. The van der Waals surface area contributed by atoms with E-state index in [0.717, 1.165) is 38.8 Å². The third kappa shape index (κ3) is 3.57. The second kappa shape index (κ2) is 7.06. The Hall–Kier alpha value is -0.870. The zero-order chi connectivity index (χ0) is 13.7. The number of nitrogens with zero attached hydrogens (tertiary/aromatic N) is 1. The molecule has 19 heavy (non-hydrogen) atoms. The summed E-state index contributed by atoms with van der Waals surface area (Å²) in [4.78, 5) is 15.8. The summed E-state index contributed by atoms with van der Waals surface area (Å²) in [5.74, 6) is 0.172. The van der Waals surface area contributed by atoms with Crippen molar-refractivity contribution in [3.8, 4) is 0 Å². The van der Waals surface area contributed by atoms with Gasteiger partial charge in [-0.05, 0) is 36.3 Å². The number of hydrogen-bond donors (Lipinski definition) is 1. The largest absolute Gasteiger partial charge is 0.355 e. The summed E-state index contributed by atoms with van der Waals surface area (Å²) in [5.41, 5.74) is 1.44. The SMILES string of the molecule is CCCCNC(=O)CN1CCc2sccc2C1CC. The molecule has 0 spiro atoms. The van der Waals surface area contributed by atoms with Gasteiger partial charge >= 0.3 is 0 Å². The van der Waals surface area contributed by atoms with Crippen LogP contribution in [0, 0.1) is 0 Å². The van der Waals surface area contributed by atoms with Gasteiger partial charge in [-0.1, -0.05) is 20.3 Å². The maximum atomic E-state index is 11.9. The Kier molecular flexibility index (Phi) is 5.40. The van der Waals surface area contributed by atoms with E-state index in [1.54, 1.807) is 0 Å². The van der Waals surface area contributed by atoms with Gasteiger partial charge in [0.2, 0.25) is 5.91 Å². The second-order valence-electron chi connectivity index (χ2n) is 5.15. The van der Waals surface area contributed by atoms with Gasteiger partial charge in [0, 0.05) is 24.0 Å². The van der Waals surface area contributed by atoms with Crippen LogP contribution in [0.5, 0.6) is 0 Å². The number of nitrogens with one attached hydrogen (secondary N) is 1. The minimum atomic E-state index is 0.172. The van der Waals surface area contributed by atoms with E-state index in [9.17, 15) is 4.79 Å². The maximum absolute atomic E-state index is 11.9. The first-order valence-electron chi connectivity index (χ1n) is 7.33. The van der Waals surface area contributed by atoms with E-state index < -0.39 is 0 Å². The molecular weight excluding hydrogens is 256 g/mol. The van der Waals surface area contributed by atoms with Gasteiger partial charge in [0.15, 0.2) is 0 Å². The fourth-order valence-electron chi connectivity index (χ4n) is 2.76. The lowest BCUT2D eigenvalue weighted by Gasteiger charge is -2.34. The first-order chi connectivity index (χ1) is 9.26. The Morgan fingerprint density at radius 2 is 2.37 bits per heavy atom. The van der Waals surface area contributed by atoms with E-state index in [4.69, 9.17) is 0 Å².